The Morgan fingerprint density at radius 1 is 0.850 bits per heavy atom. The number of fused-ring (bicyclic) bond motifs is 6. The van der Waals surface area contributed by atoms with Gasteiger partial charge in [0.1, 0.15) is 19.3 Å². The lowest BCUT2D eigenvalue weighted by atomic mass is 9.83. The van der Waals surface area contributed by atoms with Crippen LogP contribution in [0.3, 0.4) is 0 Å². The fourth-order valence-corrected chi connectivity index (χ4v) is 6.44. The first-order valence-electron chi connectivity index (χ1n) is 13.1. The Hall–Kier alpha value is -4.79. The molecule has 4 atom stereocenters. The highest BCUT2D eigenvalue weighted by molar-refractivity contribution is 6.24. The number of nitrogens with zero attached hydrogens (tertiary/aromatic N) is 2. The second-order valence-electron chi connectivity index (χ2n) is 10.1. The van der Waals surface area contributed by atoms with E-state index in [4.69, 9.17) is 18.9 Å². The number of ketones is 1. The van der Waals surface area contributed by atoms with Crippen molar-refractivity contribution >= 4 is 29.4 Å². The van der Waals surface area contributed by atoms with Gasteiger partial charge >= 0.3 is 0 Å². The molecule has 202 valence electrons. The normalized spacial score (nSPS) is 23.9. The lowest BCUT2D eigenvalue weighted by Crippen LogP contribution is -2.44. The van der Waals surface area contributed by atoms with Crippen LogP contribution in [-0.4, -0.2) is 56.0 Å². The number of rotatable bonds is 5. The van der Waals surface area contributed by atoms with E-state index >= 15 is 0 Å². The van der Waals surface area contributed by atoms with E-state index in [9.17, 15) is 14.4 Å². The molecule has 4 aliphatic heterocycles. The molecule has 0 N–H and O–H groups in total. The summed E-state index contributed by atoms with van der Waals surface area (Å²) < 4.78 is 22.1. The average Bonchev–Trinajstić information content (AvgIpc) is 3.48. The van der Waals surface area contributed by atoms with Crippen molar-refractivity contribution in [3.63, 3.8) is 0 Å². The molecular formula is C31H26N2O7. The molecule has 0 spiro atoms. The predicted octanol–water partition coefficient (Wildman–Crippen LogP) is 3.87. The molecule has 0 bridgehead atoms. The van der Waals surface area contributed by atoms with E-state index in [0.717, 1.165) is 11.1 Å². The number of ether oxygens (including phenoxy) is 4. The fourth-order valence-electron chi connectivity index (χ4n) is 6.44. The minimum absolute atomic E-state index is 0.271. The molecule has 40 heavy (non-hydrogen) atoms. The summed E-state index contributed by atoms with van der Waals surface area (Å²) >= 11 is 0. The molecule has 9 nitrogen and oxygen atoms in total. The van der Waals surface area contributed by atoms with E-state index in [1.807, 2.05) is 41.4 Å². The third-order valence-corrected chi connectivity index (χ3v) is 8.18. The highest BCUT2D eigenvalue weighted by atomic mass is 16.6. The van der Waals surface area contributed by atoms with Crippen LogP contribution in [0, 0.1) is 11.8 Å². The lowest BCUT2D eigenvalue weighted by Gasteiger charge is -2.35. The summed E-state index contributed by atoms with van der Waals surface area (Å²) in [5, 5.41) is 0. The molecule has 0 unspecified atom stereocenters. The van der Waals surface area contributed by atoms with Gasteiger partial charge in [-0.1, -0.05) is 24.3 Å². The van der Waals surface area contributed by atoms with E-state index in [1.54, 1.807) is 36.4 Å². The predicted molar refractivity (Wildman–Crippen MR) is 145 cm³/mol. The van der Waals surface area contributed by atoms with Crippen molar-refractivity contribution in [2.75, 3.05) is 32.3 Å². The number of benzene rings is 3. The number of hydrogen-bond acceptors (Lipinski definition) is 8. The number of methoxy groups -OCH3 is 2. The molecule has 4 heterocycles. The van der Waals surface area contributed by atoms with Crippen LogP contribution in [0.4, 0.5) is 5.69 Å². The summed E-state index contributed by atoms with van der Waals surface area (Å²) in [4.78, 5) is 45.6. The number of Topliss-reactive ketones (excluding diaryl/α,β-unsaturated/α-hetero) is 1. The topological polar surface area (TPSA) is 94.6 Å². The summed E-state index contributed by atoms with van der Waals surface area (Å²) in [5.41, 5.74) is 2.64. The average molecular weight is 539 g/mol. The van der Waals surface area contributed by atoms with Gasteiger partial charge in [-0.3, -0.25) is 14.4 Å². The molecule has 3 aromatic carbocycles. The molecule has 9 heteroatoms. The molecular weight excluding hydrogens is 512 g/mol. The SMILES string of the molecule is COc1ccc(C(=O)[C@@H]2[C@@H]3C(=O)N(c4ccc5c(c4)OCCO5)C(=O)[C@@H]3[C@H]3c4ccccc4C=CN23)cc1OC. The highest BCUT2D eigenvalue weighted by Gasteiger charge is 2.64. The van der Waals surface area contributed by atoms with Crippen LogP contribution in [0.15, 0.2) is 66.9 Å². The van der Waals surface area contributed by atoms with Crippen LogP contribution in [0.5, 0.6) is 23.0 Å². The Labute approximate surface area is 230 Å². The Kier molecular flexibility index (Phi) is 5.55. The van der Waals surface area contributed by atoms with Gasteiger partial charge in [0.05, 0.1) is 37.8 Å². The number of carbonyl (C=O) groups is 3. The van der Waals surface area contributed by atoms with Crippen LogP contribution in [0.2, 0.25) is 0 Å². The summed E-state index contributed by atoms with van der Waals surface area (Å²) in [7, 11) is 3.03. The van der Waals surface area contributed by atoms with Crippen molar-refractivity contribution in [2.24, 2.45) is 11.8 Å². The molecule has 4 aliphatic rings. The van der Waals surface area contributed by atoms with E-state index < -0.39 is 29.8 Å². The zero-order chi connectivity index (χ0) is 27.5. The molecule has 7 rings (SSSR count). The fraction of sp³-hybridized carbons (Fsp3) is 0.258. The van der Waals surface area contributed by atoms with Crippen LogP contribution in [-0.2, 0) is 9.59 Å². The van der Waals surface area contributed by atoms with Crippen molar-refractivity contribution in [1.82, 2.24) is 4.90 Å². The van der Waals surface area contributed by atoms with Crippen molar-refractivity contribution in [3.8, 4) is 23.0 Å². The van der Waals surface area contributed by atoms with Gasteiger partial charge in [0.2, 0.25) is 11.8 Å². The Morgan fingerprint density at radius 3 is 2.40 bits per heavy atom. The zero-order valence-corrected chi connectivity index (χ0v) is 21.9. The van der Waals surface area contributed by atoms with Crippen LogP contribution in [0.25, 0.3) is 6.08 Å². The number of amides is 2. The monoisotopic (exact) mass is 538 g/mol. The first-order valence-corrected chi connectivity index (χ1v) is 13.1. The second kappa shape index (κ2) is 9.15. The molecule has 2 amide bonds. The summed E-state index contributed by atoms with van der Waals surface area (Å²) in [6, 6.07) is 16.4. The maximum absolute atomic E-state index is 14.2. The zero-order valence-electron chi connectivity index (χ0n) is 21.9. The van der Waals surface area contributed by atoms with Gasteiger partial charge in [0.15, 0.2) is 28.8 Å². The van der Waals surface area contributed by atoms with E-state index in [2.05, 4.69) is 0 Å². The van der Waals surface area contributed by atoms with Crippen molar-refractivity contribution in [3.05, 3.63) is 83.6 Å². The number of hydrogen-bond donors (Lipinski definition) is 0. The van der Waals surface area contributed by atoms with Gasteiger partial charge < -0.3 is 23.8 Å². The largest absolute Gasteiger partial charge is 0.493 e. The van der Waals surface area contributed by atoms with Crippen LogP contribution >= 0.6 is 0 Å². The van der Waals surface area contributed by atoms with E-state index in [1.165, 1.54) is 19.1 Å². The number of anilines is 1. The highest BCUT2D eigenvalue weighted by Crippen LogP contribution is 2.54. The van der Waals surface area contributed by atoms with E-state index in [-0.39, 0.29) is 11.7 Å². The van der Waals surface area contributed by atoms with Gasteiger partial charge in [-0.15, -0.1) is 0 Å². The van der Waals surface area contributed by atoms with E-state index in [0.29, 0.717) is 47.5 Å². The molecule has 2 saturated heterocycles. The molecule has 3 aromatic rings. The van der Waals surface area contributed by atoms with Gasteiger partial charge in [-0.2, -0.15) is 0 Å². The number of carbonyl (C=O) groups excluding carboxylic acids is 3. The van der Waals surface area contributed by atoms with Gasteiger partial charge in [-0.05, 0) is 47.5 Å². The van der Waals surface area contributed by atoms with Crippen molar-refractivity contribution in [2.45, 2.75) is 12.1 Å². The maximum atomic E-state index is 14.2. The molecule has 2 fully saturated rings. The quantitative estimate of drug-likeness (QED) is 0.357. The molecule has 0 aromatic heterocycles. The summed E-state index contributed by atoms with van der Waals surface area (Å²) in [6.45, 7) is 0.814. The third-order valence-electron chi connectivity index (χ3n) is 8.18. The second-order valence-corrected chi connectivity index (χ2v) is 10.1. The number of imide groups is 1. The summed E-state index contributed by atoms with van der Waals surface area (Å²) in [5.74, 6) is -0.716. The minimum Gasteiger partial charge on any atom is -0.493 e. The van der Waals surface area contributed by atoms with Gasteiger partial charge in [-0.25, -0.2) is 4.90 Å². The third kappa shape index (κ3) is 3.43. The van der Waals surface area contributed by atoms with Crippen molar-refractivity contribution < 1.29 is 33.3 Å². The molecule has 0 radical (unpaired) electrons. The minimum atomic E-state index is -0.892. The van der Waals surface area contributed by atoms with Crippen molar-refractivity contribution in [1.29, 1.82) is 0 Å². The van der Waals surface area contributed by atoms with Crippen LogP contribution in [0.1, 0.15) is 27.5 Å². The maximum Gasteiger partial charge on any atom is 0.240 e. The Balaban J connectivity index is 1.34. The molecule has 0 aliphatic carbocycles. The smallest absolute Gasteiger partial charge is 0.240 e. The first kappa shape index (κ1) is 24.3. The van der Waals surface area contributed by atoms with Gasteiger partial charge in [0.25, 0.3) is 0 Å². The Bertz CT molecular complexity index is 1600. The van der Waals surface area contributed by atoms with Gasteiger partial charge in [0, 0.05) is 17.8 Å². The Morgan fingerprint density at radius 2 is 1.60 bits per heavy atom. The summed E-state index contributed by atoms with van der Waals surface area (Å²) in [6.07, 6.45) is 3.76. The molecule has 0 saturated carbocycles. The standard InChI is InChI=1S/C31H26N2O7/c1-37-21-9-7-18(15-23(21)38-2)29(34)28-26-25(27-20-6-4-3-5-17(20)11-12-32(27)28)30(35)33(31(26)36)19-8-10-22-24(16-19)40-14-13-39-22/h3-12,15-16,25-28H,13-14H2,1-2H3/t25-,26+,27+,28-/m0/s1. The first-order chi connectivity index (χ1) is 19.5. The van der Waals surface area contributed by atoms with Crippen LogP contribution < -0.4 is 23.8 Å². The lowest BCUT2D eigenvalue weighted by molar-refractivity contribution is -0.123.